The molecule has 2 aliphatic carbocycles. The van der Waals surface area contributed by atoms with Crippen LogP contribution in [0.5, 0.6) is 0 Å². The third-order valence-electron chi connectivity index (χ3n) is 6.22. The maximum absolute atomic E-state index is 13.1. The van der Waals surface area contributed by atoms with Crippen LogP contribution < -0.4 is 16.2 Å². The fourth-order valence-electron chi connectivity index (χ4n) is 4.75. The number of hydrogen-bond acceptors (Lipinski definition) is 5. The molecule has 156 valence electrons. The number of nitrogens with zero attached hydrogens (tertiary/aromatic N) is 2. The highest BCUT2D eigenvalue weighted by Gasteiger charge is 2.51. The predicted octanol–water partition coefficient (Wildman–Crippen LogP) is 2.83. The summed E-state index contributed by atoms with van der Waals surface area (Å²) in [6.07, 6.45) is 6.43. The van der Waals surface area contributed by atoms with Crippen molar-refractivity contribution in [1.82, 2.24) is 20.7 Å². The van der Waals surface area contributed by atoms with Crippen molar-refractivity contribution >= 4 is 28.5 Å². The summed E-state index contributed by atoms with van der Waals surface area (Å²) in [6, 6.07) is 17.4. The van der Waals surface area contributed by atoms with E-state index in [4.69, 9.17) is 0 Å². The van der Waals surface area contributed by atoms with Crippen LogP contribution >= 0.6 is 0 Å². The lowest BCUT2D eigenvalue weighted by Crippen LogP contribution is -2.45. The Morgan fingerprint density at radius 3 is 2.39 bits per heavy atom. The van der Waals surface area contributed by atoms with Gasteiger partial charge in [-0.3, -0.25) is 20.4 Å². The zero-order chi connectivity index (χ0) is 21.2. The van der Waals surface area contributed by atoms with Crippen LogP contribution in [-0.4, -0.2) is 21.8 Å². The van der Waals surface area contributed by atoms with Gasteiger partial charge in [0, 0.05) is 11.9 Å². The Morgan fingerprint density at radius 2 is 1.58 bits per heavy atom. The molecule has 0 spiro atoms. The Hall–Kier alpha value is -3.74. The number of nitrogens with one attached hydrogen (secondary N) is 3. The number of amides is 2. The molecule has 2 amide bonds. The van der Waals surface area contributed by atoms with Crippen LogP contribution in [-0.2, 0) is 16.1 Å². The monoisotopic (exact) mass is 413 g/mol. The van der Waals surface area contributed by atoms with E-state index in [9.17, 15) is 9.59 Å². The summed E-state index contributed by atoms with van der Waals surface area (Å²) in [5, 5.41) is 3.83. The zero-order valence-corrected chi connectivity index (χ0v) is 16.9. The van der Waals surface area contributed by atoms with Gasteiger partial charge < -0.3 is 5.32 Å². The number of carbonyl (C=O) groups excluding carboxylic acids is 2. The van der Waals surface area contributed by atoms with E-state index in [1.165, 1.54) is 6.33 Å². The molecule has 1 heterocycles. The van der Waals surface area contributed by atoms with Gasteiger partial charge in [0.15, 0.2) is 5.82 Å². The van der Waals surface area contributed by atoms with Crippen LogP contribution in [0.15, 0.2) is 73.1 Å². The highest BCUT2D eigenvalue weighted by Crippen LogP contribution is 2.48. The molecule has 7 nitrogen and oxygen atoms in total. The molecule has 1 aromatic heterocycles. The summed E-state index contributed by atoms with van der Waals surface area (Å²) in [6.45, 7) is 0.455. The zero-order valence-electron chi connectivity index (χ0n) is 16.9. The van der Waals surface area contributed by atoms with Gasteiger partial charge in [0.2, 0.25) is 11.8 Å². The molecule has 0 aliphatic heterocycles. The first kappa shape index (κ1) is 19.2. The third-order valence-corrected chi connectivity index (χ3v) is 6.22. The van der Waals surface area contributed by atoms with Crippen molar-refractivity contribution in [3.05, 3.63) is 78.6 Å². The molecular weight excluding hydrogens is 390 g/mol. The van der Waals surface area contributed by atoms with Crippen LogP contribution in [0.2, 0.25) is 0 Å². The Bertz CT molecular complexity index is 1140. The molecule has 2 aromatic carbocycles. The number of rotatable bonds is 6. The molecule has 2 bridgehead atoms. The topological polar surface area (TPSA) is 96.0 Å². The molecule has 0 saturated heterocycles. The Morgan fingerprint density at radius 1 is 0.871 bits per heavy atom. The second kappa shape index (κ2) is 8.18. The van der Waals surface area contributed by atoms with E-state index in [2.05, 4.69) is 38.3 Å². The van der Waals surface area contributed by atoms with E-state index >= 15 is 0 Å². The van der Waals surface area contributed by atoms with Crippen LogP contribution in [0.4, 0.5) is 5.82 Å². The number of anilines is 1. The van der Waals surface area contributed by atoms with E-state index < -0.39 is 5.92 Å². The summed E-state index contributed by atoms with van der Waals surface area (Å²) in [5.74, 6) is -0.359. The second-order valence-electron chi connectivity index (χ2n) is 8.06. The van der Waals surface area contributed by atoms with Crippen LogP contribution in [0, 0.1) is 23.7 Å². The maximum Gasteiger partial charge on any atom is 0.242 e. The molecule has 7 heteroatoms. The quantitative estimate of drug-likeness (QED) is 0.427. The van der Waals surface area contributed by atoms with Gasteiger partial charge in [-0.25, -0.2) is 9.97 Å². The molecule has 0 unspecified atom stereocenters. The Labute approximate surface area is 180 Å². The van der Waals surface area contributed by atoms with Gasteiger partial charge in [0.1, 0.15) is 6.33 Å². The second-order valence-corrected chi connectivity index (χ2v) is 8.06. The first-order valence-corrected chi connectivity index (χ1v) is 10.5. The molecule has 1 fully saturated rings. The number of hydrogen-bond donors (Lipinski definition) is 3. The minimum atomic E-state index is -0.411. The fraction of sp³-hybridized carbons (Fsp3) is 0.250. The highest BCUT2D eigenvalue weighted by molar-refractivity contribution is 5.92. The number of carbonyl (C=O) groups is 2. The minimum Gasteiger partial charge on any atom is -0.352 e. The largest absolute Gasteiger partial charge is 0.352 e. The number of fused-ring (bicyclic) bond motifs is 3. The Kier molecular flexibility index (Phi) is 5.08. The Balaban J connectivity index is 1.28. The summed E-state index contributed by atoms with van der Waals surface area (Å²) in [7, 11) is 0. The van der Waals surface area contributed by atoms with E-state index in [1.807, 2.05) is 54.6 Å². The summed E-state index contributed by atoms with van der Waals surface area (Å²) >= 11 is 0. The van der Waals surface area contributed by atoms with Gasteiger partial charge in [-0.1, -0.05) is 54.6 Å². The minimum absolute atomic E-state index is 0.0708. The van der Waals surface area contributed by atoms with E-state index in [0.29, 0.717) is 12.4 Å². The normalized spacial score (nSPS) is 23.6. The van der Waals surface area contributed by atoms with Crippen LogP contribution in [0.3, 0.4) is 0 Å². The van der Waals surface area contributed by atoms with Crippen molar-refractivity contribution in [2.75, 3.05) is 5.43 Å². The van der Waals surface area contributed by atoms with E-state index in [0.717, 1.165) is 22.9 Å². The summed E-state index contributed by atoms with van der Waals surface area (Å²) in [4.78, 5) is 34.6. The van der Waals surface area contributed by atoms with Gasteiger partial charge in [0.05, 0.1) is 17.4 Å². The summed E-state index contributed by atoms with van der Waals surface area (Å²) < 4.78 is 0. The maximum atomic E-state index is 13.1. The van der Waals surface area contributed by atoms with Gasteiger partial charge in [-0.15, -0.1) is 0 Å². The van der Waals surface area contributed by atoms with Crippen molar-refractivity contribution in [2.24, 2.45) is 23.7 Å². The smallest absolute Gasteiger partial charge is 0.242 e. The number of allylic oxidation sites excluding steroid dienone is 2. The van der Waals surface area contributed by atoms with Crippen molar-refractivity contribution in [3.63, 3.8) is 0 Å². The number of hydrazine groups is 1. The molecular formula is C24H23N5O2. The van der Waals surface area contributed by atoms with E-state index in [1.54, 1.807) is 0 Å². The van der Waals surface area contributed by atoms with Crippen LogP contribution in [0.25, 0.3) is 10.9 Å². The van der Waals surface area contributed by atoms with Crippen molar-refractivity contribution in [1.29, 1.82) is 0 Å². The highest BCUT2D eigenvalue weighted by atomic mass is 16.2. The SMILES string of the molecule is O=C(NCc1ccccc1)[C@@H]1[C@@H](C(=O)NNc2ncnc3ccccc23)[C@H]2C=C[C@@H]1C2. The lowest BCUT2D eigenvalue weighted by molar-refractivity contribution is -0.135. The molecule has 0 radical (unpaired) electrons. The molecule has 4 atom stereocenters. The third kappa shape index (κ3) is 3.74. The predicted molar refractivity (Wildman–Crippen MR) is 117 cm³/mol. The average molecular weight is 413 g/mol. The van der Waals surface area contributed by atoms with Gasteiger partial charge >= 0.3 is 0 Å². The average Bonchev–Trinajstić information content (AvgIpc) is 3.43. The fourth-order valence-corrected chi connectivity index (χ4v) is 4.75. The lowest BCUT2D eigenvalue weighted by Gasteiger charge is -2.26. The van der Waals surface area contributed by atoms with Gasteiger partial charge in [0.25, 0.3) is 0 Å². The van der Waals surface area contributed by atoms with E-state index in [-0.39, 0.29) is 29.6 Å². The molecule has 3 N–H and O–H groups in total. The van der Waals surface area contributed by atoms with Crippen molar-refractivity contribution < 1.29 is 9.59 Å². The molecule has 5 rings (SSSR count). The van der Waals surface area contributed by atoms with Gasteiger partial charge in [-0.05, 0) is 36.0 Å². The lowest BCUT2D eigenvalue weighted by atomic mass is 9.82. The first-order chi connectivity index (χ1) is 15.2. The molecule has 3 aromatic rings. The standard InChI is InChI=1S/C24H23N5O2/c30-23(25-13-15-6-2-1-3-7-15)20-16-10-11-17(12-16)21(20)24(31)29-28-22-18-8-4-5-9-19(18)26-14-27-22/h1-11,14,16-17,20-21H,12-13H2,(H,25,30)(H,29,31)(H,26,27,28)/t16-,17+,20+,21+/m1/s1. The number of aromatic nitrogens is 2. The van der Waals surface area contributed by atoms with Crippen LogP contribution in [0.1, 0.15) is 12.0 Å². The van der Waals surface area contributed by atoms with Gasteiger partial charge in [-0.2, -0.15) is 0 Å². The summed E-state index contributed by atoms with van der Waals surface area (Å²) in [5.41, 5.74) is 7.54. The van der Waals surface area contributed by atoms with Crippen molar-refractivity contribution in [2.45, 2.75) is 13.0 Å². The molecule has 1 saturated carbocycles. The number of para-hydroxylation sites is 1. The first-order valence-electron chi connectivity index (χ1n) is 10.5. The number of benzene rings is 2. The molecule has 2 aliphatic rings. The molecule has 31 heavy (non-hydrogen) atoms. The van der Waals surface area contributed by atoms with Crippen molar-refractivity contribution in [3.8, 4) is 0 Å².